The van der Waals surface area contributed by atoms with Gasteiger partial charge in [0.05, 0.1) is 0 Å². The second-order valence-electron chi connectivity index (χ2n) is 4.93. The maximum Gasteiger partial charge on any atom is 0.190 e. The lowest BCUT2D eigenvalue weighted by atomic mass is 10.3. The van der Waals surface area contributed by atoms with Gasteiger partial charge in [0.25, 0.3) is 0 Å². The summed E-state index contributed by atoms with van der Waals surface area (Å²) in [6, 6.07) is 1.95. The molecule has 0 aliphatic carbocycles. The van der Waals surface area contributed by atoms with Crippen LogP contribution in [-0.4, -0.2) is 60.4 Å². The van der Waals surface area contributed by atoms with Gasteiger partial charge in [-0.3, -0.25) is 9.67 Å². The first-order chi connectivity index (χ1) is 10.3. The van der Waals surface area contributed by atoms with Gasteiger partial charge in [0.15, 0.2) is 5.96 Å². The SMILES string of the molecule is CCN(CC)CCCNC(=NC)NCCCn1cccn1. The Bertz CT molecular complexity index is 370. The number of rotatable bonds is 10. The molecule has 0 unspecified atom stereocenters. The number of nitrogens with one attached hydrogen (secondary N) is 2. The molecule has 0 aliphatic rings. The standard InChI is InChI=1S/C15H30N6/c1-4-20(5-2)12-6-9-17-15(16-3)18-10-7-13-21-14-8-11-19-21/h8,11,14H,4-7,9-10,12-13H2,1-3H3,(H2,16,17,18). The third kappa shape index (κ3) is 7.70. The Balaban J connectivity index is 2.06. The molecule has 0 saturated carbocycles. The predicted molar refractivity (Wildman–Crippen MR) is 88.6 cm³/mol. The number of hydrogen-bond donors (Lipinski definition) is 2. The van der Waals surface area contributed by atoms with Crippen molar-refractivity contribution in [1.82, 2.24) is 25.3 Å². The van der Waals surface area contributed by atoms with Gasteiger partial charge in [-0.1, -0.05) is 13.8 Å². The van der Waals surface area contributed by atoms with Crippen LogP contribution in [0.25, 0.3) is 0 Å². The first-order valence-electron chi connectivity index (χ1n) is 7.94. The molecule has 0 fully saturated rings. The maximum absolute atomic E-state index is 4.24. The van der Waals surface area contributed by atoms with Crippen LogP contribution in [0.15, 0.2) is 23.5 Å². The highest BCUT2D eigenvalue weighted by Crippen LogP contribution is 1.90. The first-order valence-corrected chi connectivity index (χ1v) is 7.94. The van der Waals surface area contributed by atoms with Crippen LogP contribution >= 0.6 is 0 Å². The molecule has 0 atom stereocenters. The summed E-state index contributed by atoms with van der Waals surface area (Å²) in [6.07, 6.45) is 5.96. The summed E-state index contributed by atoms with van der Waals surface area (Å²) < 4.78 is 1.95. The van der Waals surface area contributed by atoms with Crippen LogP contribution in [-0.2, 0) is 6.54 Å². The topological polar surface area (TPSA) is 57.5 Å². The quantitative estimate of drug-likeness (QED) is 0.386. The second kappa shape index (κ2) is 11.1. The monoisotopic (exact) mass is 294 g/mol. The van der Waals surface area contributed by atoms with E-state index in [2.05, 4.69) is 39.5 Å². The number of nitrogens with zero attached hydrogens (tertiary/aromatic N) is 4. The minimum Gasteiger partial charge on any atom is -0.356 e. The number of aromatic nitrogens is 2. The highest BCUT2D eigenvalue weighted by Gasteiger charge is 2.00. The van der Waals surface area contributed by atoms with Gasteiger partial charge in [-0.25, -0.2) is 0 Å². The summed E-state index contributed by atoms with van der Waals surface area (Å²) in [7, 11) is 1.81. The molecule has 2 N–H and O–H groups in total. The van der Waals surface area contributed by atoms with E-state index in [0.717, 1.165) is 58.1 Å². The normalized spacial score (nSPS) is 11.9. The second-order valence-corrected chi connectivity index (χ2v) is 4.93. The van der Waals surface area contributed by atoms with Gasteiger partial charge in [0, 0.05) is 39.1 Å². The van der Waals surface area contributed by atoms with Gasteiger partial charge in [-0.2, -0.15) is 5.10 Å². The summed E-state index contributed by atoms with van der Waals surface area (Å²) in [5.41, 5.74) is 0. The molecular formula is C15H30N6. The van der Waals surface area contributed by atoms with Gasteiger partial charge in [0.2, 0.25) is 0 Å². The third-order valence-electron chi connectivity index (χ3n) is 3.48. The van der Waals surface area contributed by atoms with Crippen LogP contribution in [0.2, 0.25) is 0 Å². The van der Waals surface area contributed by atoms with E-state index in [1.54, 1.807) is 0 Å². The number of aliphatic imine (C=N–C) groups is 1. The fourth-order valence-electron chi connectivity index (χ4n) is 2.15. The van der Waals surface area contributed by atoms with Crippen molar-refractivity contribution in [3.63, 3.8) is 0 Å². The van der Waals surface area contributed by atoms with Crippen LogP contribution in [0.5, 0.6) is 0 Å². The average molecular weight is 294 g/mol. The van der Waals surface area contributed by atoms with Crippen LogP contribution in [0.1, 0.15) is 26.7 Å². The molecule has 0 bridgehead atoms. The summed E-state index contributed by atoms with van der Waals surface area (Å²) in [4.78, 5) is 6.67. The smallest absolute Gasteiger partial charge is 0.190 e. The Labute approximate surface area is 128 Å². The summed E-state index contributed by atoms with van der Waals surface area (Å²) >= 11 is 0. The van der Waals surface area contributed by atoms with E-state index in [4.69, 9.17) is 0 Å². The van der Waals surface area contributed by atoms with Crippen LogP contribution in [0, 0.1) is 0 Å². The Morgan fingerprint density at radius 3 is 2.48 bits per heavy atom. The molecule has 6 nitrogen and oxygen atoms in total. The van der Waals surface area contributed by atoms with Crippen LogP contribution in [0.4, 0.5) is 0 Å². The zero-order chi connectivity index (χ0) is 15.3. The summed E-state index contributed by atoms with van der Waals surface area (Å²) in [6.45, 7) is 10.6. The van der Waals surface area contributed by atoms with E-state index in [0.29, 0.717) is 0 Å². The molecule has 6 heteroatoms. The Morgan fingerprint density at radius 1 is 1.19 bits per heavy atom. The minimum absolute atomic E-state index is 0.884. The van der Waals surface area contributed by atoms with Crippen LogP contribution in [0.3, 0.4) is 0 Å². The van der Waals surface area contributed by atoms with Crippen molar-refractivity contribution < 1.29 is 0 Å². The fourth-order valence-corrected chi connectivity index (χ4v) is 2.15. The van der Waals surface area contributed by atoms with Gasteiger partial charge in [-0.15, -0.1) is 0 Å². The molecule has 0 radical (unpaired) electrons. The van der Waals surface area contributed by atoms with Gasteiger partial charge in [0.1, 0.15) is 0 Å². The van der Waals surface area contributed by atoms with E-state index in [1.807, 2.05) is 30.2 Å². The first kappa shape index (κ1) is 17.5. The van der Waals surface area contributed by atoms with E-state index in [-0.39, 0.29) is 0 Å². The molecule has 1 aromatic heterocycles. The van der Waals surface area contributed by atoms with Crippen molar-refractivity contribution in [2.75, 3.05) is 39.8 Å². The molecule has 1 heterocycles. The van der Waals surface area contributed by atoms with Gasteiger partial charge < -0.3 is 15.5 Å². The van der Waals surface area contributed by atoms with Crippen LogP contribution < -0.4 is 10.6 Å². The highest BCUT2D eigenvalue weighted by molar-refractivity contribution is 5.79. The molecule has 0 aromatic carbocycles. The van der Waals surface area contributed by atoms with Gasteiger partial charge >= 0.3 is 0 Å². The number of guanidine groups is 1. The minimum atomic E-state index is 0.884. The van der Waals surface area contributed by atoms with Crippen molar-refractivity contribution in [2.45, 2.75) is 33.2 Å². The predicted octanol–water partition coefficient (Wildman–Crippen LogP) is 1.17. The molecule has 0 spiro atoms. The molecule has 21 heavy (non-hydrogen) atoms. The summed E-state index contributed by atoms with van der Waals surface area (Å²) in [5.74, 6) is 0.884. The van der Waals surface area contributed by atoms with Crippen molar-refractivity contribution in [3.8, 4) is 0 Å². The van der Waals surface area contributed by atoms with E-state index < -0.39 is 0 Å². The largest absolute Gasteiger partial charge is 0.356 e. The fraction of sp³-hybridized carbons (Fsp3) is 0.733. The molecule has 1 aromatic rings. The molecule has 0 aliphatic heterocycles. The maximum atomic E-state index is 4.24. The molecular weight excluding hydrogens is 264 g/mol. The lowest BCUT2D eigenvalue weighted by Gasteiger charge is -2.18. The van der Waals surface area contributed by atoms with Gasteiger partial charge in [-0.05, 0) is 38.5 Å². The Hall–Kier alpha value is -1.56. The van der Waals surface area contributed by atoms with Crippen molar-refractivity contribution >= 4 is 5.96 Å². The number of aryl methyl sites for hydroxylation is 1. The van der Waals surface area contributed by atoms with Crippen molar-refractivity contribution in [3.05, 3.63) is 18.5 Å². The Kier molecular flexibility index (Phi) is 9.28. The highest BCUT2D eigenvalue weighted by atomic mass is 15.3. The third-order valence-corrected chi connectivity index (χ3v) is 3.48. The van der Waals surface area contributed by atoms with E-state index >= 15 is 0 Å². The Morgan fingerprint density at radius 2 is 1.90 bits per heavy atom. The van der Waals surface area contributed by atoms with Crippen molar-refractivity contribution in [2.24, 2.45) is 4.99 Å². The molecule has 0 saturated heterocycles. The molecule has 1 rings (SSSR count). The van der Waals surface area contributed by atoms with E-state index in [9.17, 15) is 0 Å². The van der Waals surface area contributed by atoms with E-state index in [1.165, 1.54) is 0 Å². The average Bonchev–Trinajstić information content (AvgIpc) is 3.02. The molecule has 120 valence electrons. The summed E-state index contributed by atoms with van der Waals surface area (Å²) in [5, 5.41) is 10.9. The number of hydrogen-bond acceptors (Lipinski definition) is 3. The lowest BCUT2D eigenvalue weighted by Crippen LogP contribution is -2.39. The molecule has 0 amide bonds. The zero-order valence-electron chi connectivity index (χ0n) is 13.7. The van der Waals surface area contributed by atoms with Crippen molar-refractivity contribution in [1.29, 1.82) is 0 Å². The lowest BCUT2D eigenvalue weighted by molar-refractivity contribution is 0.300. The zero-order valence-corrected chi connectivity index (χ0v) is 13.7.